The first kappa shape index (κ1) is 12.5. The van der Waals surface area contributed by atoms with E-state index in [9.17, 15) is 8.42 Å². The first-order valence-corrected chi connectivity index (χ1v) is 7.29. The SMILES string of the molecule is Cc1ccc(CN)cc1S(=O)(=O)N1CCCC1. The maximum Gasteiger partial charge on any atom is 0.243 e. The second-order valence-corrected chi connectivity index (χ2v) is 6.32. The molecule has 2 N–H and O–H groups in total. The van der Waals surface area contributed by atoms with E-state index in [0.29, 0.717) is 24.5 Å². The van der Waals surface area contributed by atoms with Gasteiger partial charge in [0.1, 0.15) is 0 Å². The molecule has 1 aliphatic heterocycles. The number of nitrogens with two attached hydrogens (primary N) is 1. The summed E-state index contributed by atoms with van der Waals surface area (Å²) >= 11 is 0. The van der Waals surface area contributed by atoms with Crippen LogP contribution in [0.1, 0.15) is 24.0 Å². The summed E-state index contributed by atoms with van der Waals surface area (Å²) in [5.41, 5.74) is 7.20. The second-order valence-electron chi connectivity index (χ2n) is 4.42. The Kier molecular flexibility index (Phi) is 3.51. The number of hydrogen-bond acceptors (Lipinski definition) is 3. The van der Waals surface area contributed by atoms with Crippen LogP contribution in [-0.2, 0) is 16.6 Å². The van der Waals surface area contributed by atoms with Crippen molar-refractivity contribution in [2.75, 3.05) is 13.1 Å². The molecule has 1 aliphatic rings. The molecule has 0 atom stereocenters. The summed E-state index contributed by atoms with van der Waals surface area (Å²) < 4.78 is 26.4. The van der Waals surface area contributed by atoms with Crippen molar-refractivity contribution >= 4 is 10.0 Å². The van der Waals surface area contributed by atoms with Gasteiger partial charge in [-0.25, -0.2) is 8.42 Å². The summed E-state index contributed by atoms with van der Waals surface area (Å²) in [5, 5.41) is 0. The molecular weight excluding hydrogens is 236 g/mol. The van der Waals surface area contributed by atoms with Crippen molar-refractivity contribution in [2.45, 2.75) is 31.2 Å². The topological polar surface area (TPSA) is 63.4 Å². The third-order valence-electron chi connectivity index (χ3n) is 3.17. The molecule has 0 unspecified atom stereocenters. The van der Waals surface area contributed by atoms with Crippen LogP contribution in [0.4, 0.5) is 0 Å². The molecule has 1 aromatic carbocycles. The van der Waals surface area contributed by atoms with Gasteiger partial charge in [-0.1, -0.05) is 12.1 Å². The summed E-state index contributed by atoms with van der Waals surface area (Å²) in [5.74, 6) is 0. The first-order chi connectivity index (χ1) is 8.05. The summed E-state index contributed by atoms with van der Waals surface area (Å²) in [6.45, 7) is 3.45. The highest BCUT2D eigenvalue weighted by Gasteiger charge is 2.28. The highest BCUT2D eigenvalue weighted by atomic mass is 32.2. The fraction of sp³-hybridized carbons (Fsp3) is 0.500. The van der Waals surface area contributed by atoms with E-state index in [1.165, 1.54) is 0 Å². The molecule has 17 heavy (non-hydrogen) atoms. The minimum Gasteiger partial charge on any atom is -0.326 e. The molecule has 0 bridgehead atoms. The molecule has 1 heterocycles. The molecule has 0 spiro atoms. The van der Waals surface area contributed by atoms with E-state index in [0.717, 1.165) is 24.0 Å². The average molecular weight is 254 g/mol. The van der Waals surface area contributed by atoms with E-state index < -0.39 is 10.0 Å². The Morgan fingerprint density at radius 1 is 1.29 bits per heavy atom. The normalized spacial score (nSPS) is 17.5. The van der Waals surface area contributed by atoms with Gasteiger partial charge in [0, 0.05) is 19.6 Å². The van der Waals surface area contributed by atoms with Crippen molar-refractivity contribution in [3.63, 3.8) is 0 Å². The van der Waals surface area contributed by atoms with Crippen LogP contribution in [0.5, 0.6) is 0 Å². The third-order valence-corrected chi connectivity index (χ3v) is 5.21. The minimum atomic E-state index is -3.32. The lowest BCUT2D eigenvalue weighted by molar-refractivity contribution is 0.477. The van der Waals surface area contributed by atoms with Crippen LogP contribution in [0, 0.1) is 6.92 Å². The van der Waals surface area contributed by atoms with E-state index in [4.69, 9.17) is 5.73 Å². The predicted octanol–water partition coefficient (Wildman–Crippen LogP) is 1.24. The molecule has 0 saturated carbocycles. The Morgan fingerprint density at radius 2 is 1.94 bits per heavy atom. The van der Waals surface area contributed by atoms with Crippen LogP contribution < -0.4 is 5.73 Å². The zero-order valence-corrected chi connectivity index (χ0v) is 10.8. The van der Waals surface area contributed by atoms with Crippen molar-refractivity contribution in [1.29, 1.82) is 0 Å². The molecule has 94 valence electrons. The van der Waals surface area contributed by atoms with Crippen molar-refractivity contribution < 1.29 is 8.42 Å². The van der Waals surface area contributed by atoms with Gasteiger partial charge in [-0.2, -0.15) is 4.31 Å². The summed E-state index contributed by atoms with van der Waals surface area (Å²) in [6.07, 6.45) is 1.91. The maximum absolute atomic E-state index is 12.4. The molecule has 0 radical (unpaired) electrons. The number of nitrogens with zero attached hydrogens (tertiary/aromatic N) is 1. The van der Waals surface area contributed by atoms with Crippen LogP contribution >= 0.6 is 0 Å². The molecule has 1 saturated heterocycles. The molecule has 1 fully saturated rings. The number of rotatable bonds is 3. The van der Waals surface area contributed by atoms with E-state index in [1.54, 1.807) is 10.4 Å². The van der Waals surface area contributed by atoms with Gasteiger partial charge in [0.2, 0.25) is 10.0 Å². The third kappa shape index (κ3) is 2.36. The molecule has 1 aromatic rings. The first-order valence-electron chi connectivity index (χ1n) is 5.85. The Labute approximate surface area is 102 Å². The molecule has 0 aromatic heterocycles. The lowest BCUT2D eigenvalue weighted by Crippen LogP contribution is -2.28. The van der Waals surface area contributed by atoms with Gasteiger partial charge >= 0.3 is 0 Å². The van der Waals surface area contributed by atoms with Gasteiger partial charge in [0.05, 0.1) is 4.90 Å². The van der Waals surface area contributed by atoms with Crippen molar-refractivity contribution in [3.05, 3.63) is 29.3 Å². The van der Waals surface area contributed by atoms with Crippen LogP contribution in [0.3, 0.4) is 0 Å². The highest BCUT2D eigenvalue weighted by molar-refractivity contribution is 7.89. The summed E-state index contributed by atoms with van der Waals surface area (Å²) in [7, 11) is -3.32. The van der Waals surface area contributed by atoms with E-state index in [1.807, 2.05) is 19.1 Å². The van der Waals surface area contributed by atoms with Gasteiger partial charge in [-0.05, 0) is 37.0 Å². The summed E-state index contributed by atoms with van der Waals surface area (Å²) in [4.78, 5) is 0.405. The molecule has 0 aliphatic carbocycles. The number of hydrogen-bond donors (Lipinski definition) is 1. The molecule has 4 nitrogen and oxygen atoms in total. The fourth-order valence-corrected chi connectivity index (χ4v) is 3.91. The number of sulfonamides is 1. The number of benzene rings is 1. The quantitative estimate of drug-likeness (QED) is 0.882. The fourth-order valence-electron chi connectivity index (χ4n) is 2.12. The second kappa shape index (κ2) is 4.76. The van der Waals surface area contributed by atoms with E-state index in [2.05, 4.69) is 0 Å². The van der Waals surface area contributed by atoms with E-state index in [-0.39, 0.29) is 0 Å². The zero-order chi connectivity index (χ0) is 12.5. The summed E-state index contributed by atoms with van der Waals surface area (Å²) in [6, 6.07) is 5.40. The molecular formula is C12H18N2O2S. The highest BCUT2D eigenvalue weighted by Crippen LogP contribution is 2.24. The van der Waals surface area contributed by atoms with Crippen molar-refractivity contribution in [1.82, 2.24) is 4.31 Å². The Morgan fingerprint density at radius 3 is 2.53 bits per heavy atom. The number of aryl methyl sites for hydroxylation is 1. The smallest absolute Gasteiger partial charge is 0.243 e. The standard InChI is InChI=1S/C12H18N2O2S/c1-10-4-5-11(9-13)8-12(10)17(15,16)14-6-2-3-7-14/h4-5,8H,2-3,6-7,9,13H2,1H3. The molecule has 5 heteroatoms. The maximum atomic E-state index is 12.4. The largest absolute Gasteiger partial charge is 0.326 e. The predicted molar refractivity (Wildman–Crippen MR) is 67.1 cm³/mol. The lowest BCUT2D eigenvalue weighted by atomic mass is 10.1. The van der Waals surface area contributed by atoms with Gasteiger partial charge in [0.25, 0.3) is 0 Å². The average Bonchev–Trinajstić information content (AvgIpc) is 2.83. The van der Waals surface area contributed by atoms with Crippen LogP contribution in [-0.4, -0.2) is 25.8 Å². The monoisotopic (exact) mass is 254 g/mol. The van der Waals surface area contributed by atoms with Gasteiger partial charge in [0.15, 0.2) is 0 Å². The van der Waals surface area contributed by atoms with E-state index >= 15 is 0 Å². The van der Waals surface area contributed by atoms with Gasteiger partial charge in [-0.3, -0.25) is 0 Å². The van der Waals surface area contributed by atoms with Crippen molar-refractivity contribution in [3.8, 4) is 0 Å². The van der Waals surface area contributed by atoms with Crippen LogP contribution in [0.2, 0.25) is 0 Å². The molecule has 0 amide bonds. The lowest BCUT2D eigenvalue weighted by Gasteiger charge is -2.17. The Bertz CT molecular complexity index is 505. The minimum absolute atomic E-state index is 0.364. The van der Waals surface area contributed by atoms with Crippen LogP contribution in [0.15, 0.2) is 23.1 Å². The van der Waals surface area contributed by atoms with Gasteiger partial charge < -0.3 is 5.73 Å². The van der Waals surface area contributed by atoms with Crippen molar-refractivity contribution in [2.24, 2.45) is 5.73 Å². The Balaban J connectivity index is 2.44. The van der Waals surface area contributed by atoms with Crippen LogP contribution in [0.25, 0.3) is 0 Å². The van der Waals surface area contributed by atoms with Gasteiger partial charge in [-0.15, -0.1) is 0 Å². The molecule has 2 rings (SSSR count). The zero-order valence-electron chi connectivity index (χ0n) is 10.0. The Hall–Kier alpha value is -0.910.